The molecule has 1 heterocycles. The molecule has 1 N–H and O–H groups in total. The molecule has 3 aromatic rings. The summed E-state index contributed by atoms with van der Waals surface area (Å²) in [6, 6.07) is 4.26. The van der Waals surface area contributed by atoms with Gasteiger partial charge < -0.3 is 5.11 Å². The van der Waals surface area contributed by atoms with Gasteiger partial charge >= 0.3 is 0 Å². The lowest BCUT2D eigenvalue weighted by molar-refractivity contribution is -0.0967. The van der Waals surface area contributed by atoms with Crippen LogP contribution in [0.2, 0.25) is 0 Å². The number of nitrogens with zero attached hydrogens (tertiary/aromatic N) is 3. The number of hydrogen-bond donors (Lipinski definition) is 1. The van der Waals surface area contributed by atoms with Crippen LogP contribution in [0, 0.1) is 29.9 Å². The van der Waals surface area contributed by atoms with Gasteiger partial charge in [0.25, 0.3) is 5.92 Å². The molecule has 0 saturated carbocycles. The summed E-state index contributed by atoms with van der Waals surface area (Å²) in [4.78, 5) is 0. The van der Waals surface area contributed by atoms with E-state index in [0.29, 0.717) is 5.69 Å². The number of fused-ring (bicyclic) bond motifs is 1. The molecule has 0 saturated heterocycles. The van der Waals surface area contributed by atoms with Gasteiger partial charge in [0.05, 0.1) is 17.8 Å². The van der Waals surface area contributed by atoms with E-state index in [2.05, 4.69) is 5.10 Å². The summed E-state index contributed by atoms with van der Waals surface area (Å²) < 4.78 is 88.8. The van der Waals surface area contributed by atoms with E-state index in [9.17, 15) is 32.3 Å². The van der Waals surface area contributed by atoms with E-state index in [1.54, 1.807) is 20.0 Å². The standard InChI is InChI=1S/C25H21F6N3O/c1-11(26)23(29)17-7-15(27)4-14(9-32)16(17)5-13-6-20(28)21(19-10-33-34(3)12(19)2)22-18(13)8-25(30,31)24(22)35/h4,6-7,10-11,23-24,35H,5,8H2,1-3H3. The minimum atomic E-state index is -3.62. The number of hydrogen-bond acceptors (Lipinski definition) is 3. The van der Waals surface area contributed by atoms with E-state index in [-0.39, 0.29) is 38.9 Å². The number of nitriles is 1. The van der Waals surface area contributed by atoms with Crippen LogP contribution in [-0.2, 0) is 19.9 Å². The Balaban J connectivity index is 1.96. The van der Waals surface area contributed by atoms with E-state index in [0.717, 1.165) is 25.1 Å². The van der Waals surface area contributed by atoms with Crippen LogP contribution in [0.4, 0.5) is 26.3 Å². The fourth-order valence-corrected chi connectivity index (χ4v) is 4.63. The Labute approximate surface area is 197 Å². The van der Waals surface area contributed by atoms with E-state index >= 15 is 4.39 Å². The first-order valence-corrected chi connectivity index (χ1v) is 10.8. The number of rotatable bonds is 5. The van der Waals surface area contributed by atoms with Crippen molar-refractivity contribution in [2.24, 2.45) is 7.05 Å². The van der Waals surface area contributed by atoms with Crippen molar-refractivity contribution in [1.29, 1.82) is 5.26 Å². The third kappa shape index (κ3) is 4.08. The minimum absolute atomic E-state index is 0.0397. The highest BCUT2D eigenvalue weighted by Gasteiger charge is 2.50. The topological polar surface area (TPSA) is 61.8 Å². The van der Waals surface area contributed by atoms with Gasteiger partial charge in [0.1, 0.15) is 23.9 Å². The predicted octanol–water partition coefficient (Wildman–Crippen LogP) is 5.73. The molecule has 1 aliphatic carbocycles. The Morgan fingerprint density at radius 3 is 2.51 bits per heavy atom. The maximum Gasteiger partial charge on any atom is 0.281 e. The van der Waals surface area contributed by atoms with E-state index in [1.807, 2.05) is 0 Å². The maximum atomic E-state index is 15.5. The van der Waals surface area contributed by atoms with E-state index in [4.69, 9.17) is 0 Å². The van der Waals surface area contributed by atoms with E-state index < -0.39 is 54.4 Å². The average molecular weight is 493 g/mol. The van der Waals surface area contributed by atoms with Gasteiger partial charge in [-0.15, -0.1) is 0 Å². The van der Waals surface area contributed by atoms with Crippen molar-refractivity contribution in [1.82, 2.24) is 9.78 Å². The Bertz CT molecular complexity index is 1360. The third-order valence-electron chi connectivity index (χ3n) is 6.55. The lowest BCUT2D eigenvalue weighted by Gasteiger charge is -2.20. The molecule has 4 rings (SSSR count). The summed E-state index contributed by atoms with van der Waals surface area (Å²) in [7, 11) is 1.59. The van der Waals surface area contributed by atoms with Crippen LogP contribution < -0.4 is 0 Å². The van der Waals surface area contributed by atoms with Crippen molar-refractivity contribution in [3.05, 3.63) is 75.1 Å². The highest BCUT2D eigenvalue weighted by molar-refractivity contribution is 5.74. The van der Waals surface area contributed by atoms with Gasteiger partial charge in [-0.3, -0.25) is 4.68 Å². The van der Waals surface area contributed by atoms with Gasteiger partial charge in [-0.1, -0.05) is 0 Å². The monoisotopic (exact) mass is 493 g/mol. The fraction of sp³-hybridized carbons (Fsp3) is 0.360. The summed E-state index contributed by atoms with van der Waals surface area (Å²) in [6.45, 7) is 2.54. The van der Waals surface area contributed by atoms with Gasteiger partial charge in [0, 0.05) is 35.9 Å². The van der Waals surface area contributed by atoms with Crippen molar-refractivity contribution < 1.29 is 31.4 Å². The maximum absolute atomic E-state index is 15.5. The molecule has 1 aromatic heterocycles. The van der Waals surface area contributed by atoms with Gasteiger partial charge in [0.2, 0.25) is 0 Å². The van der Waals surface area contributed by atoms with Gasteiger partial charge in [-0.25, -0.2) is 26.3 Å². The molecule has 1 aliphatic rings. The molecule has 0 amide bonds. The minimum Gasteiger partial charge on any atom is -0.382 e. The van der Waals surface area contributed by atoms with Crippen molar-refractivity contribution in [2.45, 2.75) is 51.1 Å². The van der Waals surface area contributed by atoms with Gasteiger partial charge in [-0.2, -0.15) is 10.4 Å². The predicted molar refractivity (Wildman–Crippen MR) is 115 cm³/mol. The zero-order valence-corrected chi connectivity index (χ0v) is 19.0. The zero-order chi connectivity index (χ0) is 25.8. The highest BCUT2D eigenvalue weighted by Crippen LogP contribution is 2.50. The highest BCUT2D eigenvalue weighted by atomic mass is 19.3. The quantitative estimate of drug-likeness (QED) is 0.462. The van der Waals surface area contributed by atoms with Crippen LogP contribution in [0.3, 0.4) is 0 Å². The van der Waals surface area contributed by atoms with Crippen LogP contribution >= 0.6 is 0 Å². The Morgan fingerprint density at radius 2 is 1.94 bits per heavy atom. The van der Waals surface area contributed by atoms with Crippen LogP contribution in [0.5, 0.6) is 0 Å². The second kappa shape index (κ2) is 8.72. The summed E-state index contributed by atoms with van der Waals surface area (Å²) >= 11 is 0. The molecule has 0 radical (unpaired) electrons. The number of halogens is 6. The molecule has 3 atom stereocenters. The molecule has 4 nitrogen and oxygen atoms in total. The normalized spacial score (nSPS) is 18.3. The molecule has 0 fully saturated rings. The second-order valence-electron chi connectivity index (χ2n) is 8.78. The lowest BCUT2D eigenvalue weighted by Crippen LogP contribution is -2.21. The number of aryl methyl sites for hydroxylation is 1. The zero-order valence-electron chi connectivity index (χ0n) is 19.0. The molecule has 0 spiro atoms. The van der Waals surface area contributed by atoms with Crippen molar-refractivity contribution >= 4 is 0 Å². The lowest BCUT2D eigenvalue weighted by atomic mass is 9.86. The van der Waals surface area contributed by atoms with Crippen molar-refractivity contribution in [2.75, 3.05) is 0 Å². The molecule has 3 unspecified atom stereocenters. The summed E-state index contributed by atoms with van der Waals surface area (Å²) in [5.41, 5.74) is -0.864. The molecular formula is C25H21F6N3O. The Kier molecular flexibility index (Phi) is 6.18. The fourth-order valence-electron chi connectivity index (χ4n) is 4.63. The number of aliphatic hydroxyl groups is 1. The summed E-state index contributed by atoms with van der Waals surface area (Å²) in [5, 5.41) is 24.0. The number of aromatic nitrogens is 2. The molecule has 2 aromatic carbocycles. The van der Waals surface area contributed by atoms with E-state index in [1.165, 1.54) is 10.9 Å². The first-order valence-electron chi connectivity index (χ1n) is 10.8. The molecule has 0 bridgehead atoms. The van der Waals surface area contributed by atoms with Gasteiger partial charge in [-0.05, 0) is 60.7 Å². The molecule has 35 heavy (non-hydrogen) atoms. The Morgan fingerprint density at radius 1 is 1.26 bits per heavy atom. The SMILES string of the molecule is Cc1c(-c2c(F)cc(Cc3c(C#N)cc(F)cc3C(F)C(C)F)c3c2C(O)C(F)(F)C3)cnn1C. The van der Waals surface area contributed by atoms with Crippen LogP contribution in [0.1, 0.15) is 58.3 Å². The molecular weight excluding hydrogens is 472 g/mol. The number of aliphatic hydroxyl groups excluding tert-OH is 1. The third-order valence-corrected chi connectivity index (χ3v) is 6.55. The summed E-state index contributed by atoms with van der Waals surface area (Å²) in [6.07, 6.45) is -6.73. The first-order chi connectivity index (χ1) is 16.4. The smallest absolute Gasteiger partial charge is 0.281 e. The van der Waals surface area contributed by atoms with Crippen molar-refractivity contribution in [3.63, 3.8) is 0 Å². The summed E-state index contributed by atoms with van der Waals surface area (Å²) in [5.74, 6) is -5.51. The number of alkyl halides is 4. The van der Waals surface area contributed by atoms with Crippen LogP contribution in [0.25, 0.3) is 11.1 Å². The second-order valence-corrected chi connectivity index (χ2v) is 8.78. The largest absolute Gasteiger partial charge is 0.382 e. The van der Waals surface area contributed by atoms with Gasteiger partial charge in [0.15, 0.2) is 6.17 Å². The van der Waals surface area contributed by atoms with Crippen LogP contribution in [-0.4, -0.2) is 27.0 Å². The first kappa shape index (κ1) is 24.8. The molecule has 0 aliphatic heterocycles. The molecule has 184 valence electrons. The average Bonchev–Trinajstić information content (AvgIpc) is 3.24. The van der Waals surface area contributed by atoms with Crippen LogP contribution in [0.15, 0.2) is 24.4 Å². The molecule has 10 heteroatoms. The Hall–Kier alpha value is -3.32. The number of benzene rings is 2. The van der Waals surface area contributed by atoms with Crippen molar-refractivity contribution in [3.8, 4) is 17.2 Å².